The van der Waals surface area contributed by atoms with Crippen LogP contribution in [0.3, 0.4) is 0 Å². The molecule has 7 heteroatoms. The molecule has 0 aliphatic rings. The summed E-state index contributed by atoms with van der Waals surface area (Å²) in [6.07, 6.45) is -3.95. The first-order valence-corrected chi connectivity index (χ1v) is 5.36. The minimum Gasteiger partial charge on any atom is -0.478 e. The number of carboxylic acids is 1. The second kappa shape index (κ2) is 5.24. The number of nitrogens with zero attached hydrogens (tertiary/aromatic N) is 2. The van der Waals surface area contributed by atoms with Gasteiger partial charge in [0.1, 0.15) is 11.4 Å². The Morgan fingerprint density at radius 1 is 1.39 bits per heavy atom. The quantitative estimate of drug-likeness (QED) is 0.906. The Morgan fingerprint density at radius 3 is 2.33 bits per heavy atom. The van der Waals surface area contributed by atoms with Crippen molar-refractivity contribution in [2.24, 2.45) is 0 Å². The van der Waals surface area contributed by atoms with Gasteiger partial charge >= 0.3 is 12.1 Å². The lowest BCUT2D eigenvalue weighted by molar-refractivity contribution is -0.137. The predicted octanol–water partition coefficient (Wildman–Crippen LogP) is 2.64. The molecule has 0 radical (unpaired) electrons. The van der Waals surface area contributed by atoms with Gasteiger partial charge in [0.2, 0.25) is 0 Å². The molecule has 100 valence electrons. The minimum atomic E-state index is -4.60. The summed E-state index contributed by atoms with van der Waals surface area (Å²) in [4.78, 5) is 16.2. The molecule has 1 aromatic rings. The van der Waals surface area contributed by atoms with Crippen molar-refractivity contribution in [3.8, 4) is 0 Å². The molecule has 0 saturated carbocycles. The van der Waals surface area contributed by atoms with E-state index in [1.54, 1.807) is 18.7 Å². The van der Waals surface area contributed by atoms with E-state index in [0.29, 0.717) is 25.4 Å². The normalized spacial score (nSPS) is 11.4. The average molecular weight is 262 g/mol. The smallest absolute Gasteiger partial charge is 0.417 e. The fourth-order valence-electron chi connectivity index (χ4n) is 1.55. The van der Waals surface area contributed by atoms with Crippen LogP contribution in [0.1, 0.15) is 29.8 Å². The maximum atomic E-state index is 12.5. The van der Waals surface area contributed by atoms with Crippen LogP contribution in [0.4, 0.5) is 19.0 Å². The van der Waals surface area contributed by atoms with Crippen LogP contribution in [0.25, 0.3) is 0 Å². The molecule has 0 unspecified atom stereocenters. The Kier molecular flexibility index (Phi) is 4.15. The molecule has 0 bridgehead atoms. The lowest BCUT2D eigenvalue weighted by Crippen LogP contribution is -2.26. The van der Waals surface area contributed by atoms with Gasteiger partial charge in [-0.1, -0.05) is 0 Å². The van der Waals surface area contributed by atoms with Gasteiger partial charge in [0, 0.05) is 19.3 Å². The van der Waals surface area contributed by atoms with Crippen LogP contribution in [-0.4, -0.2) is 29.1 Å². The Hall–Kier alpha value is -1.79. The third kappa shape index (κ3) is 2.91. The molecule has 1 N–H and O–H groups in total. The number of halogens is 3. The number of rotatable bonds is 4. The summed E-state index contributed by atoms with van der Waals surface area (Å²) in [5.41, 5.74) is -1.50. The molecule has 4 nitrogen and oxygen atoms in total. The van der Waals surface area contributed by atoms with E-state index >= 15 is 0 Å². The van der Waals surface area contributed by atoms with Gasteiger partial charge in [-0.2, -0.15) is 13.2 Å². The van der Waals surface area contributed by atoms with E-state index in [4.69, 9.17) is 5.11 Å². The van der Waals surface area contributed by atoms with Crippen molar-refractivity contribution in [3.05, 3.63) is 23.4 Å². The molecule has 1 rings (SSSR count). The largest absolute Gasteiger partial charge is 0.478 e. The van der Waals surface area contributed by atoms with E-state index in [0.717, 1.165) is 0 Å². The molecule has 0 aliphatic heterocycles. The summed E-state index contributed by atoms with van der Waals surface area (Å²) >= 11 is 0. The highest BCUT2D eigenvalue weighted by molar-refractivity contribution is 5.93. The SMILES string of the molecule is CCN(CC)c1ncc(C(F)(F)F)cc1C(=O)O. The van der Waals surface area contributed by atoms with Crippen molar-refractivity contribution in [1.29, 1.82) is 0 Å². The van der Waals surface area contributed by atoms with Crippen LogP contribution in [-0.2, 0) is 6.18 Å². The summed E-state index contributed by atoms with van der Waals surface area (Å²) < 4.78 is 37.4. The van der Waals surface area contributed by atoms with Gasteiger partial charge in [0.05, 0.1) is 5.56 Å². The van der Waals surface area contributed by atoms with Crippen molar-refractivity contribution in [2.75, 3.05) is 18.0 Å². The third-order valence-corrected chi connectivity index (χ3v) is 2.49. The Morgan fingerprint density at radius 2 is 1.94 bits per heavy atom. The highest BCUT2D eigenvalue weighted by Gasteiger charge is 2.33. The number of carboxylic acid groups (broad SMARTS) is 1. The first kappa shape index (κ1) is 14.3. The van der Waals surface area contributed by atoms with Crippen LogP contribution in [0.15, 0.2) is 12.3 Å². The first-order valence-electron chi connectivity index (χ1n) is 5.36. The Balaban J connectivity index is 3.33. The molecule has 0 aromatic carbocycles. The fraction of sp³-hybridized carbons (Fsp3) is 0.455. The number of hydrogen-bond donors (Lipinski definition) is 1. The number of anilines is 1. The van der Waals surface area contributed by atoms with Crippen molar-refractivity contribution in [2.45, 2.75) is 20.0 Å². The van der Waals surface area contributed by atoms with Crippen molar-refractivity contribution < 1.29 is 23.1 Å². The summed E-state index contributed by atoms with van der Waals surface area (Å²) in [6.45, 7) is 4.48. The molecule has 1 heterocycles. The average Bonchev–Trinajstić information content (AvgIpc) is 2.29. The van der Waals surface area contributed by atoms with E-state index < -0.39 is 23.3 Å². The fourth-order valence-corrected chi connectivity index (χ4v) is 1.55. The van der Waals surface area contributed by atoms with E-state index in [-0.39, 0.29) is 5.82 Å². The third-order valence-electron chi connectivity index (χ3n) is 2.49. The highest BCUT2D eigenvalue weighted by atomic mass is 19.4. The standard InChI is InChI=1S/C11H13F3N2O2/c1-3-16(4-2)9-8(10(17)18)5-7(6-15-9)11(12,13)14/h5-6H,3-4H2,1-2H3,(H,17,18). The zero-order valence-electron chi connectivity index (χ0n) is 9.95. The highest BCUT2D eigenvalue weighted by Crippen LogP contribution is 2.31. The minimum absolute atomic E-state index is 0.0560. The van der Waals surface area contributed by atoms with E-state index in [1.807, 2.05) is 0 Å². The number of pyridine rings is 1. The molecular formula is C11H13F3N2O2. The zero-order chi connectivity index (χ0) is 13.9. The van der Waals surface area contributed by atoms with Crippen LogP contribution >= 0.6 is 0 Å². The van der Waals surface area contributed by atoms with Crippen molar-refractivity contribution in [1.82, 2.24) is 4.98 Å². The van der Waals surface area contributed by atoms with Gasteiger partial charge < -0.3 is 10.0 Å². The number of carbonyl (C=O) groups is 1. The molecule has 18 heavy (non-hydrogen) atoms. The molecule has 0 atom stereocenters. The van der Waals surface area contributed by atoms with Gasteiger partial charge in [-0.15, -0.1) is 0 Å². The van der Waals surface area contributed by atoms with Crippen molar-refractivity contribution in [3.63, 3.8) is 0 Å². The molecule has 0 spiro atoms. The number of aromatic nitrogens is 1. The number of alkyl halides is 3. The molecule has 0 fully saturated rings. The van der Waals surface area contributed by atoms with Crippen molar-refractivity contribution >= 4 is 11.8 Å². The van der Waals surface area contributed by atoms with Crippen LogP contribution in [0.2, 0.25) is 0 Å². The summed E-state index contributed by atoms with van der Waals surface area (Å²) in [7, 11) is 0. The summed E-state index contributed by atoms with van der Waals surface area (Å²) in [6, 6.07) is 0.614. The molecule has 0 amide bonds. The second-order valence-corrected chi connectivity index (χ2v) is 3.57. The maximum absolute atomic E-state index is 12.5. The second-order valence-electron chi connectivity index (χ2n) is 3.57. The van der Waals surface area contributed by atoms with E-state index in [2.05, 4.69) is 4.98 Å². The number of hydrogen-bond acceptors (Lipinski definition) is 3. The lowest BCUT2D eigenvalue weighted by atomic mass is 10.1. The summed E-state index contributed by atoms with van der Waals surface area (Å²) in [5, 5.41) is 8.96. The predicted molar refractivity (Wildman–Crippen MR) is 59.8 cm³/mol. The molecule has 1 aromatic heterocycles. The zero-order valence-corrected chi connectivity index (χ0v) is 9.95. The van der Waals surface area contributed by atoms with Crippen LogP contribution in [0, 0.1) is 0 Å². The van der Waals surface area contributed by atoms with Gasteiger partial charge in [0.15, 0.2) is 0 Å². The first-order chi connectivity index (χ1) is 8.31. The van der Waals surface area contributed by atoms with Gasteiger partial charge in [-0.25, -0.2) is 9.78 Å². The van der Waals surface area contributed by atoms with Gasteiger partial charge in [-0.3, -0.25) is 0 Å². The molecule has 0 saturated heterocycles. The number of aromatic carboxylic acids is 1. The molecular weight excluding hydrogens is 249 g/mol. The van der Waals surface area contributed by atoms with Gasteiger partial charge in [0.25, 0.3) is 0 Å². The molecule has 0 aliphatic carbocycles. The van der Waals surface area contributed by atoms with E-state index in [1.165, 1.54) is 0 Å². The maximum Gasteiger partial charge on any atom is 0.417 e. The Labute approximate surface area is 102 Å². The monoisotopic (exact) mass is 262 g/mol. The summed E-state index contributed by atoms with van der Waals surface area (Å²) in [5.74, 6) is -1.36. The van der Waals surface area contributed by atoms with Crippen LogP contribution < -0.4 is 4.90 Å². The Bertz CT molecular complexity index is 442. The van der Waals surface area contributed by atoms with Gasteiger partial charge in [-0.05, 0) is 19.9 Å². The van der Waals surface area contributed by atoms with E-state index in [9.17, 15) is 18.0 Å². The lowest BCUT2D eigenvalue weighted by Gasteiger charge is -2.22. The van der Waals surface area contributed by atoms with Crippen LogP contribution in [0.5, 0.6) is 0 Å². The topological polar surface area (TPSA) is 53.4 Å².